The van der Waals surface area contributed by atoms with Crippen molar-refractivity contribution in [1.29, 1.82) is 0 Å². The first-order valence-electron chi connectivity index (χ1n) is 5.47. The number of nitro groups is 1. The highest BCUT2D eigenvalue weighted by molar-refractivity contribution is 14.1. The molecule has 1 unspecified atom stereocenters. The van der Waals surface area contributed by atoms with Crippen LogP contribution in [0.1, 0.15) is 6.92 Å². The summed E-state index contributed by atoms with van der Waals surface area (Å²) in [5.74, 6) is -0.165. The SMILES string of the molecule is CNCC(C)CNc1cc(F)c(I)cc1[N+](=O)[O-]. The van der Waals surface area contributed by atoms with Crippen LogP contribution in [0.15, 0.2) is 12.1 Å². The van der Waals surface area contributed by atoms with Gasteiger partial charge in [0.2, 0.25) is 0 Å². The number of hydrogen-bond acceptors (Lipinski definition) is 4. The zero-order valence-corrected chi connectivity index (χ0v) is 12.3. The fourth-order valence-corrected chi connectivity index (χ4v) is 1.98. The van der Waals surface area contributed by atoms with Crippen LogP contribution in [0, 0.1) is 25.4 Å². The molecule has 0 saturated carbocycles. The zero-order valence-electron chi connectivity index (χ0n) is 10.2. The summed E-state index contributed by atoms with van der Waals surface area (Å²) >= 11 is 1.74. The van der Waals surface area contributed by atoms with Gasteiger partial charge < -0.3 is 10.6 Å². The molecule has 100 valence electrons. The third-order valence-electron chi connectivity index (χ3n) is 2.43. The Morgan fingerprint density at radius 1 is 1.50 bits per heavy atom. The van der Waals surface area contributed by atoms with E-state index in [4.69, 9.17) is 0 Å². The molecule has 18 heavy (non-hydrogen) atoms. The molecule has 0 saturated heterocycles. The quantitative estimate of drug-likeness (QED) is 0.461. The van der Waals surface area contributed by atoms with Gasteiger partial charge in [-0.2, -0.15) is 0 Å². The Morgan fingerprint density at radius 3 is 2.72 bits per heavy atom. The molecule has 2 N–H and O–H groups in total. The molecule has 0 amide bonds. The monoisotopic (exact) mass is 367 g/mol. The fraction of sp³-hybridized carbons (Fsp3) is 0.455. The van der Waals surface area contributed by atoms with Crippen molar-refractivity contribution >= 4 is 34.0 Å². The second-order valence-corrected chi connectivity index (χ2v) is 5.25. The van der Waals surface area contributed by atoms with Crippen molar-refractivity contribution in [2.24, 2.45) is 5.92 Å². The molecule has 0 aliphatic carbocycles. The molecule has 0 aromatic heterocycles. The highest BCUT2D eigenvalue weighted by Gasteiger charge is 2.17. The topological polar surface area (TPSA) is 67.2 Å². The molecule has 1 atom stereocenters. The van der Waals surface area contributed by atoms with Gasteiger partial charge in [0.15, 0.2) is 0 Å². The van der Waals surface area contributed by atoms with E-state index in [1.165, 1.54) is 12.1 Å². The Labute approximate surface area is 118 Å². The van der Waals surface area contributed by atoms with Gasteiger partial charge in [-0.15, -0.1) is 0 Å². The van der Waals surface area contributed by atoms with E-state index in [0.717, 1.165) is 6.54 Å². The van der Waals surface area contributed by atoms with Crippen LogP contribution in [-0.4, -0.2) is 25.1 Å². The number of benzene rings is 1. The Kier molecular flexibility index (Phi) is 5.73. The summed E-state index contributed by atoms with van der Waals surface area (Å²) in [7, 11) is 1.84. The predicted octanol–water partition coefficient (Wildman–Crippen LogP) is 2.61. The summed E-state index contributed by atoms with van der Waals surface area (Å²) in [4.78, 5) is 10.4. The maximum Gasteiger partial charge on any atom is 0.293 e. The number of nitrogens with one attached hydrogen (secondary N) is 2. The van der Waals surface area contributed by atoms with E-state index in [-0.39, 0.29) is 20.9 Å². The number of anilines is 1. The van der Waals surface area contributed by atoms with Crippen molar-refractivity contribution in [1.82, 2.24) is 5.32 Å². The minimum absolute atomic E-state index is 0.0996. The Balaban J connectivity index is 2.86. The van der Waals surface area contributed by atoms with Crippen molar-refractivity contribution in [3.63, 3.8) is 0 Å². The lowest BCUT2D eigenvalue weighted by atomic mass is 10.1. The molecule has 0 radical (unpaired) electrons. The average Bonchev–Trinajstić information content (AvgIpc) is 2.30. The van der Waals surface area contributed by atoms with Crippen LogP contribution in [0.25, 0.3) is 0 Å². The summed E-state index contributed by atoms with van der Waals surface area (Å²) in [5, 5.41) is 16.8. The van der Waals surface area contributed by atoms with Gasteiger partial charge in [0.05, 0.1) is 8.49 Å². The number of nitrogens with zero attached hydrogens (tertiary/aromatic N) is 1. The third-order valence-corrected chi connectivity index (χ3v) is 3.26. The van der Waals surface area contributed by atoms with Crippen molar-refractivity contribution in [3.05, 3.63) is 31.6 Å². The molecule has 7 heteroatoms. The lowest BCUT2D eigenvalue weighted by Gasteiger charge is -2.13. The van der Waals surface area contributed by atoms with Crippen LogP contribution < -0.4 is 10.6 Å². The van der Waals surface area contributed by atoms with Gasteiger partial charge in [0.25, 0.3) is 5.69 Å². The molecule has 0 heterocycles. The predicted molar refractivity (Wildman–Crippen MR) is 77.4 cm³/mol. The highest BCUT2D eigenvalue weighted by atomic mass is 127. The Hall–Kier alpha value is -0.960. The second kappa shape index (κ2) is 6.83. The Morgan fingerprint density at radius 2 is 2.17 bits per heavy atom. The highest BCUT2D eigenvalue weighted by Crippen LogP contribution is 2.28. The number of halogens is 2. The summed E-state index contributed by atoms with van der Waals surface area (Å²) in [6.45, 7) is 3.33. The van der Waals surface area contributed by atoms with Crippen LogP contribution in [0.4, 0.5) is 15.8 Å². The van der Waals surface area contributed by atoms with Crippen LogP contribution in [0.3, 0.4) is 0 Å². The number of hydrogen-bond donors (Lipinski definition) is 2. The standard InChI is InChI=1S/C11H15FIN3O2/c1-7(5-14-2)6-15-10-3-8(12)9(13)4-11(10)16(17)18/h3-4,7,14-15H,5-6H2,1-2H3. The molecule has 1 aromatic carbocycles. The number of nitro benzene ring substituents is 1. The third kappa shape index (κ3) is 4.05. The largest absolute Gasteiger partial charge is 0.379 e. The van der Waals surface area contributed by atoms with Crippen molar-refractivity contribution < 1.29 is 9.31 Å². The van der Waals surface area contributed by atoms with Gasteiger partial charge in [-0.1, -0.05) is 6.92 Å². The van der Waals surface area contributed by atoms with Gasteiger partial charge in [-0.3, -0.25) is 10.1 Å². The van der Waals surface area contributed by atoms with Gasteiger partial charge in [-0.05, 0) is 42.1 Å². The molecule has 0 fully saturated rings. The average molecular weight is 367 g/mol. The smallest absolute Gasteiger partial charge is 0.293 e. The molecule has 0 aliphatic rings. The summed E-state index contributed by atoms with van der Waals surface area (Å²) < 4.78 is 13.7. The molecule has 5 nitrogen and oxygen atoms in total. The van der Waals surface area contributed by atoms with E-state index in [1.54, 1.807) is 22.6 Å². The molecule has 1 aromatic rings. The van der Waals surface area contributed by atoms with Crippen molar-refractivity contribution in [2.75, 3.05) is 25.5 Å². The molecule has 0 aliphatic heterocycles. The maximum absolute atomic E-state index is 13.4. The lowest BCUT2D eigenvalue weighted by Crippen LogP contribution is -2.23. The van der Waals surface area contributed by atoms with Gasteiger partial charge in [-0.25, -0.2) is 4.39 Å². The Bertz CT molecular complexity index is 443. The van der Waals surface area contributed by atoms with E-state index in [9.17, 15) is 14.5 Å². The van der Waals surface area contributed by atoms with Gasteiger partial charge in [0.1, 0.15) is 11.5 Å². The minimum Gasteiger partial charge on any atom is -0.379 e. The maximum atomic E-state index is 13.4. The fourth-order valence-electron chi connectivity index (χ4n) is 1.53. The van der Waals surface area contributed by atoms with Crippen molar-refractivity contribution in [2.45, 2.75) is 6.92 Å². The van der Waals surface area contributed by atoms with E-state index in [0.29, 0.717) is 6.54 Å². The van der Waals surface area contributed by atoms with Gasteiger partial charge in [0, 0.05) is 18.7 Å². The van der Waals surface area contributed by atoms with Crippen LogP contribution >= 0.6 is 22.6 Å². The van der Waals surface area contributed by atoms with E-state index in [2.05, 4.69) is 10.6 Å². The normalized spacial score (nSPS) is 12.2. The minimum atomic E-state index is -0.507. The first-order chi connectivity index (χ1) is 8.45. The zero-order chi connectivity index (χ0) is 13.7. The van der Waals surface area contributed by atoms with E-state index >= 15 is 0 Å². The molecular weight excluding hydrogens is 352 g/mol. The van der Waals surface area contributed by atoms with E-state index < -0.39 is 10.7 Å². The van der Waals surface area contributed by atoms with E-state index in [1.807, 2.05) is 14.0 Å². The molecule has 0 spiro atoms. The van der Waals surface area contributed by atoms with Crippen LogP contribution in [-0.2, 0) is 0 Å². The first kappa shape index (κ1) is 15.1. The van der Waals surface area contributed by atoms with Crippen LogP contribution in [0.5, 0.6) is 0 Å². The first-order valence-corrected chi connectivity index (χ1v) is 6.55. The van der Waals surface area contributed by atoms with Crippen LogP contribution in [0.2, 0.25) is 0 Å². The second-order valence-electron chi connectivity index (χ2n) is 4.08. The summed E-state index contributed by atoms with van der Waals surface area (Å²) in [6, 6.07) is 2.41. The lowest BCUT2D eigenvalue weighted by molar-refractivity contribution is -0.384. The van der Waals surface area contributed by atoms with Crippen molar-refractivity contribution in [3.8, 4) is 0 Å². The number of rotatable bonds is 6. The molecule has 1 rings (SSSR count). The molecule has 0 bridgehead atoms. The summed E-state index contributed by atoms with van der Waals surface area (Å²) in [6.07, 6.45) is 0. The summed E-state index contributed by atoms with van der Waals surface area (Å²) in [5.41, 5.74) is 0.123. The van der Waals surface area contributed by atoms with Gasteiger partial charge >= 0.3 is 0 Å². The molecular formula is C11H15FIN3O2.